The van der Waals surface area contributed by atoms with Gasteiger partial charge in [0, 0.05) is 34.3 Å². The molecule has 25 heavy (non-hydrogen) atoms. The van der Waals surface area contributed by atoms with Crippen molar-refractivity contribution in [2.45, 2.75) is 12.3 Å². The van der Waals surface area contributed by atoms with Crippen molar-refractivity contribution in [3.63, 3.8) is 0 Å². The van der Waals surface area contributed by atoms with Gasteiger partial charge >= 0.3 is 0 Å². The molecular formula is C18H13Cl2N3O2. The van der Waals surface area contributed by atoms with Crippen LogP contribution in [0.25, 0.3) is 11.4 Å². The second-order valence-electron chi connectivity index (χ2n) is 5.84. The van der Waals surface area contributed by atoms with Gasteiger partial charge in [-0.1, -0.05) is 28.4 Å². The standard InChI is InChI=1S/C18H13Cl2N3O2/c19-13-3-1-11(2-4-13)17-21-18(25-22-17)12-9-16(24)23(10-12)15-7-5-14(20)6-8-15/h1-8,12H,9-10H2. The summed E-state index contributed by atoms with van der Waals surface area (Å²) in [4.78, 5) is 18.5. The molecule has 0 aliphatic carbocycles. The Hall–Kier alpha value is -2.37. The molecule has 1 saturated heterocycles. The second kappa shape index (κ2) is 6.50. The fourth-order valence-electron chi connectivity index (χ4n) is 2.86. The van der Waals surface area contributed by atoms with Crippen LogP contribution in [0.1, 0.15) is 18.2 Å². The van der Waals surface area contributed by atoms with Gasteiger partial charge in [-0.2, -0.15) is 4.98 Å². The average Bonchev–Trinajstić information content (AvgIpc) is 3.23. The third-order valence-corrected chi connectivity index (χ3v) is 4.66. The van der Waals surface area contributed by atoms with Crippen LogP contribution in [0.4, 0.5) is 5.69 Å². The number of hydrogen-bond donors (Lipinski definition) is 0. The lowest BCUT2D eigenvalue weighted by molar-refractivity contribution is -0.117. The van der Waals surface area contributed by atoms with E-state index in [2.05, 4.69) is 10.1 Å². The molecule has 3 aromatic rings. The lowest BCUT2D eigenvalue weighted by atomic mass is 10.1. The van der Waals surface area contributed by atoms with Gasteiger partial charge in [0.2, 0.25) is 17.6 Å². The van der Waals surface area contributed by atoms with Gasteiger partial charge in [-0.3, -0.25) is 4.79 Å². The van der Waals surface area contributed by atoms with Crippen molar-refractivity contribution in [3.8, 4) is 11.4 Å². The lowest BCUT2D eigenvalue weighted by Gasteiger charge is -2.15. The summed E-state index contributed by atoms with van der Waals surface area (Å²) in [6, 6.07) is 14.4. The fourth-order valence-corrected chi connectivity index (χ4v) is 3.11. The number of carbonyl (C=O) groups is 1. The molecule has 0 N–H and O–H groups in total. The minimum absolute atomic E-state index is 0.0264. The number of hydrogen-bond acceptors (Lipinski definition) is 4. The normalized spacial score (nSPS) is 17.3. The Labute approximate surface area is 154 Å². The fraction of sp³-hybridized carbons (Fsp3) is 0.167. The zero-order valence-corrected chi connectivity index (χ0v) is 14.5. The van der Waals surface area contributed by atoms with Crippen LogP contribution >= 0.6 is 23.2 Å². The Kier molecular flexibility index (Phi) is 4.19. The van der Waals surface area contributed by atoms with Crippen LogP contribution in [0.5, 0.6) is 0 Å². The minimum Gasteiger partial charge on any atom is -0.339 e. The maximum Gasteiger partial charge on any atom is 0.232 e. The number of anilines is 1. The zero-order valence-electron chi connectivity index (χ0n) is 13.0. The molecule has 1 aromatic heterocycles. The largest absolute Gasteiger partial charge is 0.339 e. The van der Waals surface area contributed by atoms with E-state index in [0.29, 0.717) is 34.7 Å². The molecule has 2 aromatic carbocycles. The average molecular weight is 374 g/mol. The van der Waals surface area contributed by atoms with E-state index in [1.54, 1.807) is 29.2 Å². The van der Waals surface area contributed by atoms with Gasteiger partial charge in [-0.15, -0.1) is 0 Å². The molecule has 0 saturated carbocycles. The summed E-state index contributed by atoms with van der Waals surface area (Å²) in [6.07, 6.45) is 0.338. The first-order chi connectivity index (χ1) is 12.1. The summed E-state index contributed by atoms with van der Waals surface area (Å²) in [6.45, 7) is 0.503. The Morgan fingerprint density at radius 1 is 1.00 bits per heavy atom. The van der Waals surface area contributed by atoms with E-state index in [4.69, 9.17) is 27.7 Å². The number of benzene rings is 2. The van der Waals surface area contributed by atoms with Crippen molar-refractivity contribution in [3.05, 3.63) is 64.5 Å². The summed E-state index contributed by atoms with van der Waals surface area (Å²) in [5.41, 5.74) is 1.63. The SMILES string of the molecule is O=C1CC(c2nc(-c3ccc(Cl)cc3)no2)CN1c1ccc(Cl)cc1. The number of carbonyl (C=O) groups excluding carboxylic acids is 1. The molecule has 1 atom stereocenters. The molecular weight excluding hydrogens is 361 g/mol. The van der Waals surface area contributed by atoms with Gasteiger partial charge in [0.1, 0.15) is 0 Å². The third kappa shape index (κ3) is 3.25. The summed E-state index contributed by atoms with van der Waals surface area (Å²) < 4.78 is 5.39. The van der Waals surface area contributed by atoms with E-state index in [-0.39, 0.29) is 11.8 Å². The number of amides is 1. The Morgan fingerprint density at radius 3 is 2.32 bits per heavy atom. The first-order valence-corrected chi connectivity index (χ1v) is 8.51. The number of rotatable bonds is 3. The van der Waals surface area contributed by atoms with Gasteiger partial charge < -0.3 is 9.42 Å². The molecule has 0 spiro atoms. The Balaban J connectivity index is 1.54. The van der Waals surface area contributed by atoms with E-state index < -0.39 is 0 Å². The summed E-state index contributed by atoms with van der Waals surface area (Å²) in [5.74, 6) is 0.856. The van der Waals surface area contributed by atoms with Gasteiger partial charge in [0.15, 0.2) is 0 Å². The van der Waals surface area contributed by atoms with Crippen molar-refractivity contribution >= 4 is 34.8 Å². The second-order valence-corrected chi connectivity index (χ2v) is 6.72. The molecule has 1 aliphatic heterocycles. The number of nitrogens with zero attached hydrogens (tertiary/aromatic N) is 3. The molecule has 1 aliphatic rings. The van der Waals surface area contributed by atoms with Crippen molar-refractivity contribution < 1.29 is 9.32 Å². The summed E-state index contributed by atoms with van der Waals surface area (Å²) in [5, 5.41) is 5.30. The maximum atomic E-state index is 12.3. The topological polar surface area (TPSA) is 59.2 Å². The predicted molar refractivity (Wildman–Crippen MR) is 95.9 cm³/mol. The van der Waals surface area contributed by atoms with Gasteiger partial charge in [0.25, 0.3) is 0 Å². The summed E-state index contributed by atoms with van der Waals surface area (Å²) in [7, 11) is 0. The first-order valence-electron chi connectivity index (χ1n) is 7.75. The highest BCUT2D eigenvalue weighted by molar-refractivity contribution is 6.30. The van der Waals surface area contributed by atoms with Crippen LogP contribution in [-0.2, 0) is 4.79 Å². The maximum absolute atomic E-state index is 12.3. The highest BCUT2D eigenvalue weighted by Gasteiger charge is 2.35. The Morgan fingerprint density at radius 2 is 1.64 bits per heavy atom. The van der Waals surface area contributed by atoms with E-state index in [1.165, 1.54) is 0 Å². The number of halogens is 2. The smallest absolute Gasteiger partial charge is 0.232 e. The van der Waals surface area contributed by atoms with Crippen molar-refractivity contribution in [1.29, 1.82) is 0 Å². The minimum atomic E-state index is -0.128. The highest BCUT2D eigenvalue weighted by atomic mass is 35.5. The van der Waals surface area contributed by atoms with E-state index in [9.17, 15) is 4.79 Å². The van der Waals surface area contributed by atoms with Crippen LogP contribution in [0.3, 0.4) is 0 Å². The molecule has 1 amide bonds. The van der Waals surface area contributed by atoms with Gasteiger partial charge in [-0.25, -0.2) is 0 Å². The third-order valence-electron chi connectivity index (χ3n) is 4.16. The molecule has 5 nitrogen and oxygen atoms in total. The molecule has 1 fully saturated rings. The number of aromatic nitrogens is 2. The zero-order chi connectivity index (χ0) is 17.4. The lowest BCUT2D eigenvalue weighted by Crippen LogP contribution is -2.24. The monoisotopic (exact) mass is 373 g/mol. The van der Waals surface area contributed by atoms with Crippen molar-refractivity contribution in [2.75, 3.05) is 11.4 Å². The predicted octanol–water partition coefficient (Wildman–Crippen LogP) is 4.56. The van der Waals surface area contributed by atoms with Gasteiger partial charge in [0.05, 0.1) is 5.92 Å². The highest BCUT2D eigenvalue weighted by Crippen LogP contribution is 2.32. The van der Waals surface area contributed by atoms with Crippen molar-refractivity contribution in [1.82, 2.24) is 10.1 Å². The molecule has 7 heteroatoms. The quantitative estimate of drug-likeness (QED) is 0.674. The van der Waals surface area contributed by atoms with Crippen LogP contribution in [-0.4, -0.2) is 22.6 Å². The summed E-state index contributed by atoms with van der Waals surface area (Å²) >= 11 is 11.8. The molecule has 126 valence electrons. The van der Waals surface area contributed by atoms with Crippen molar-refractivity contribution in [2.24, 2.45) is 0 Å². The van der Waals surface area contributed by atoms with E-state index in [1.807, 2.05) is 24.3 Å². The molecule has 4 rings (SSSR count). The van der Waals surface area contributed by atoms with Gasteiger partial charge in [-0.05, 0) is 48.5 Å². The van der Waals surface area contributed by atoms with Crippen LogP contribution in [0, 0.1) is 0 Å². The van der Waals surface area contributed by atoms with E-state index in [0.717, 1.165) is 11.3 Å². The molecule has 0 radical (unpaired) electrons. The van der Waals surface area contributed by atoms with E-state index >= 15 is 0 Å². The first kappa shape index (κ1) is 16.1. The molecule has 1 unspecified atom stereocenters. The Bertz CT molecular complexity index is 907. The van der Waals surface area contributed by atoms with Crippen LogP contribution < -0.4 is 4.90 Å². The van der Waals surface area contributed by atoms with Crippen LogP contribution in [0.15, 0.2) is 53.1 Å². The molecule has 2 heterocycles. The molecule has 0 bridgehead atoms. The van der Waals surface area contributed by atoms with Crippen LogP contribution in [0.2, 0.25) is 10.0 Å².